The number of carbonyl (C=O) groups is 2. The van der Waals surface area contributed by atoms with Crippen molar-refractivity contribution < 1.29 is 14.7 Å². The molecular formula is C21H39NO3. The normalized spacial score (nSPS) is 12.4. The van der Waals surface area contributed by atoms with Crippen LogP contribution in [0.15, 0.2) is 12.2 Å². The number of hydrogen-bond donors (Lipinski definition) is 1. The van der Waals surface area contributed by atoms with Gasteiger partial charge in [-0.25, -0.2) is 0 Å². The lowest BCUT2D eigenvalue weighted by molar-refractivity contribution is -0.144. The van der Waals surface area contributed by atoms with Crippen molar-refractivity contribution in [1.82, 2.24) is 4.90 Å². The zero-order valence-corrected chi connectivity index (χ0v) is 16.6. The van der Waals surface area contributed by atoms with Gasteiger partial charge in [-0.15, -0.1) is 0 Å². The molecule has 1 amide bonds. The molecule has 4 heteroatoms. The predicted molar refractivity (Wildman–Crippen MR) is 105 cm³/mol. The number of carboxylic acids is 1. The molecule has 0 rings (SSSR count). The van der Waals surface area contributed by atoms with E-state index in [4.69, 9.17) is 5.11 Å². The van der Waals surface area contributed by atoms with Crippen molar-refractivity contribution in [1.29, 1.82) is 0 Å². The third-order valence-corrected chi connectivity index (χ3v) is 4.67. The van der Waals surface area contributed by atoms with Gasteiger partial charge >= 0.3 is 5.97 Å². The number of allylic oxidation sites excluding steroid dienone is 2. The minimum Gasteiger partial charge on any atom is -0.481 e. The molecule has 0 bridgehead atoms. The molecule has 0 aromatic rings. The minimum absolute atomic E-state index is 0.00698. The van der Waals surface area contributed by atoms with Gasteiger partial charge in [0.1, 0.15) is 0 Å². The summed E-state index contributed by atoms with van der Waals surface area (Å²) >= 11 is 0. The number of rotatable bonds is 16. The molecule has 0 fully saturated rings. The third-order valence-electron chi connectivity index (χ3n) is 4.67. The van der Waals surface area contributed by atoms with E-state index >= 15 is 0 Å². The highest BCUT2D eigenvalue weighted by Gasteiger charge is 2.24. The Labute approximate surface area is 154 Å². The van der Waals surface area contributed by atoms with Crippen LogP contribution in [0.2, 0.25) is 0 Å². The van der Waals surface area contributed by atoms with Gasteiger partial charge in [-0.3, -0.25) is 9.59 Å². The monoisotopic (exact) mass is 353 g/mol. The van der Waals surface area contributed by atoms with E-state index in [9.17, 15) is 9.59 Å². The van der Waals surface area contributed by atoms with E-state index in [-0.39, 0.29) is 18.2 Å². The quantitative estimate of drug-likeness (QED) is 0.297. The Balaban J connectivity index is 3.90. The van der Waals surface area contributed by atoms with Crippen LogP contribution in [0.25, 0.3) is 0 Å². The van der Waals surface area contributed by atoms with Gasteiger partial charge in [0.05, 0.1) is 6.42 Å². The lowest BCUT2D eigenvalue weighted by Gasteiger charge is -2.24. The first-order chi connectivity index (χ1) is 12.1. The van der Waals surface area contributed by atoms with Crippen LogP contribution in [0.5, 0.6) is 0 Å². The Bertz CT molecular complexity index is 375. The summed E-state index contributed by atoms with van der Waals surface area (Å²) in [7, 11) is 0. The molecule has 0 aliphatic carbocycles. The first kappa shape index (κ1) is 23.7. The Kier molecular flexibility index (Phi) is 15.3. The van der Waals surface area contributed by atoms with Crippen LogP contribution in [-0.4, -0.2) is 35.0 Å². The number of unbranched alkanes of at least 4 members (excludes halogenated alkanes) is 7. The molecular weight excluding hydrogens is 314 g/mol. The summed E-state index contributed by atoms with van der Waals surface area (Å²) in [5.41, 5.74) is 0. The Morgan fingerprint density at radius 2 is 1.44 bits per heavy atom. The fourth-order valence-corrected chi connectivity index (χ4v) is 3.14. The highest BCUT2D eigenvalue weighted by Crippen LogP contribution is 2.18. The number of carbonyl (C=O) groups excluding carboxylic acids is 1. The summed E-state index contributed by atoms with van der Waals surface area (Å²) in [5, 5.41) is 9.06. The largest absolute Gasteiger partial charge is 0.481 e. The molecule has 0 aromatic carbocycles. The lowest BCUT2D eigenvalue weighted by Crippen LogP contribution is -2.36. The zero-order chi connectivity index (χ0) is 18.9. The van der Waals surface area contributed by atoms with Gasteiger partial charge in [-0.1, -0.05) is 57.6 Å². The smallest absolute Gasteiger partial charge is 0.304 e. The van der Waals surface area contributed by atoms with Crippen LogP contribution in [-0.2, 0) is 9.59 Å². The maximum absolute atomic E-state index is 12.4. The fourth-order valence-electron chi connectivity index (χ4n) is 3.14. The molecule has 0 aromatic heterocycles. The van der Waals surface area contributed by atoms with E-state index in [0.29, 0.717) is 19.5 Å². The highest BCUT2D eigenvalue weighted by molar-refractivity contribution is 5.83. The molecule has 0 aliphatic rings. The molecule has 25 heavy (non-hydrogen) atoms. The Hall–Kier alpha value is -1.32. The summed E-state index contributed by atoms with van der Waals surface area (Å²) in [5.74, 6) is -1.22. The molecule has 1 N–H and O–H groups in total. The number of amides is 1. The second kappa shape index (κ2) is 16.2. The highest BCUT2D eigenvalue weighted by atomic mass is 16.4. The Morgan fingerprint density at radius 3 is 1.96 bits per heavy atom. The third kappa shape index (κ3) is 12.7. The molecule has 0 spiro atoms. The van der Waals surface area contributed by atoms with E-state index < -0.39 is 5.97 Å². The molecule has 0 saturated heterocycles. The van der Waals surface area contributed by atoms with Crippen molar-refractivity contribution in [3.8, 4) is 0 Å². The average molecular weight is 354 g/mol. The van der Waals surface area contributed by atoms with Gasteiger partial charge in [-0.2, -0.15) is 0 Å². The molecule has 1 unspecified atom stereocenters. The van der Waals surface area contributed by atoms with Crippen LogP contribution in [0, 0.1) is 5.92 Å². The first-order valence-electron chi connectivity index (χ1n) is 10.2. The summed E-state index contributed by atoms with van der Waals surface area (Å²) < 4.78 is 0. The summed E-state index contributed by atoms with van der Waals surface area (Å²) in [6.07, 6.45) is 15.8. The maximum atomic E-state index is 12.4. The average Bonchev–Trinajstić information content (AvgIpc) is 2.59. The maximum Gasteiger partial charge on any atom is 0.304 e. The van der Waals surface area contributed by atoms with Gasteiger partial charge in [0, 0.05) is 19.0 Å². The van der Waals surface area contributed by atoms with Crippen LogP contribution < -0.4 is 0 Å². The van der Waals surface area contributed by atoms with E-state index in [1.807, 2.05) is 13.8 Å². The van der Waals surface area contributed by atoms with Crippen molar-refractivity contribution in [2.75, 3.05) is 13.1 Å². The van der Waals surface area contributed by atoms with Crippen molar-refractivity contribution in [3.05, 3.63) is 12.2 Å². The summed E-state index contributed by atoms with van der Waals surface area (Å²) in [6.45, 7) is 7.35. The van der Waals surface area contributed by atoms with Crippen LogP contribution >= 0.6 is 0 Å². The molecule has 0 saturated carbocycles. The van der Waals surface area contributed by atoms with Gasteiger partial charge < -0.3 is 10.0 Å². The standard InChI is InChI=1S/C21H39NO3/c1-4-7-8-9-10-11-12-13-14-15-16-17-19(18-20(23)24)21(25)22(5-2)6-3/h7-8,19H,4-6,9-18H2,1-3H3,(H,23,24)/b8-7+. The number of hydrogen-bond acceptors (Lipinski definition) is 2. The van der Waals surface area contributed by atoms with Gasteiger partial charge in [-0.05, 0) is 39.5 Å². The molecule has 1 atom stereocenters. The molecule has 146 valence electrons. The van der Waals surface area contributed by atoms with E-state index in [0.717, 1.165) is 19.3 Å². The molecule has 4 nitrogen and oxygen atoms in total. The molecule has 0 heterocycles. The lowest BCUT2D eigenvalue weighted by atomic mass is 9.95. The Morgan fingerprint density at radius 1 is 0.880 bits per heavy atom. The van der Waals surface area contributed by atoms with Crippen LogP contribution in [0.4, 0.5) is 0 Å². The van der Waals surface area contributed by atoms with Gasteiger partial charge in [0.2, 0.25) is 5.91 Å². The number of aliphatic carboxylic acids is 1. The van der Waals surface area contributed by atoms with Crippen molar-refractivity contribution in [3.63, 3.8) is 0 Å². The van der Waals surface area contributed by atoms with Crippen LogP contribution in [0.1, 0.15) is 91.4 Å². The second-order valence-electron chi connectivity index (χ2n) is 6.74. The first-order valence-corrected chi connectivity index (χ1v) is 10.2. The van der Waals surface area contributed by atoms with Crippen LogP contribution in [0.3, 0.4) is 0 Å². The van der Waals surface area contributed by atoms with E-state index in [2.05, 4.69) is 19.1 Å². The number of carboxylic acid groups (broad SMARTS) is 1. The summed E-state index contributed by atoms with van der Waals surface area (Å²) in [6, 6.07) is 0. The van der Waals surface area contributed by atoms with E-state index in [1.54, 1.807) is 4.90 Å². The second-order valence-corrected chi connectivity index (χ2v) is 6.74. The predicted octanol–water partition coefficient (Wildman–Crippen LogP) is 5.42. The van der Waals surface area contributed by atoms with Crippen molar-refractivity contribution in [2.45, 2.75) is 91.4 Å². The van der Waals surface area contributed by atoms with E-state index in [1.165, 1.54) is 38.5 Å². The fraction of sp³-hybridized carbons (Fsp3) is 0.810. The summed E-state index contributed by atoms with van der Waals surface area (Å²) in [4.78, 5) is 25.2. The molecule has 0 radical (unpaired) electrons. The van der Waals surface area contributed by atoms with Gasteiger partial charge in [0.25, 0.3) is 0 Å². The molecule has 0 aliphatic heterocycles. The SMILES string of the molecule is CC/C=C/CCCCCCCCCC(CC(=O)O)C(=O)N(CC)CC. The zero-order valence-electron chi connectivity index (χ0n) is 16.6. The number of nitrogens with zero attached hydrogens (tertiary/aromatic N) is 1. The van der Waals surface area contributed by atoms with Crippen molar-refractivity contribution in [2.24, 2.45) is 5.92 Å². The van der Waals surface area contributed by atoms with Gasteiger partial charge in [0.15, 0.2) is 0 Å². The topological polar surface area (TPSA) is 57.6 Å². The minimum atomic E-state index is -0.873. The van der Waals surface area contributed by atoms with Crippen molar-refractivity contribution >= 4 is 11.9 Å².